The van der Waals surface area contributed by atoms with E-state index in [0.717, 1.165) is 18.2 Å². The number of nitrogens with one attached hydrogen (secondary N) is 1. The number of rotatable bonds is 6. The monoisotopic (exact) mass is 426 g/mol. The van der Waals surface area contributed by atoms with Gasteiger partial charge in [-0.05, 0) is 49.8 Å². The normalized spacial score (nSPS) is 20.7. The molecule has 1 aliphatic heterocycles. The van der Waals surface area contributed by atoms with Crippen LogP contribution in [0, 0.1) is 5.92 Å². The van der Waals surface area contributed by atoms with Crippen LogP contribution in [-0.4, -0.2) is 46.0 Å². The minimum atomic E-state index is -4.62. The third kappa shape index (κ3) is 4.82. The van der Waals surface area contributed by atoms with Crippen molar-refractivity contribution in [2.45, 2.75) is 42.0 Å². The van der Waals surface area contributed by atoms with Crippen LogP contribution in [0.3, 0.4) is 0 Å². The topological polar surface area (TPSA) is 83.6 Å². The van der Waals surface area contributed by atoms with Crippen LogP contribution in [0.1, 0.15) is 31.2 Å². The SMILES string of the molecule is O=S(=O)(NCC1CCN(S(=O)(=O)C2CC2)CC1)c1cccc(C(F)(F)F)c1. The number of piperidine rings is 1. The molecule has 2 aliphatic rings. The van der Waals surface area contributed by atoms with Crippen LogP contribution < -0.4 is 4.72 Å². The van der Waals surface area contributed by atoms with Gasteiger partial charge in [-0.3, -0.25) is 0 Å². The maximum absolute atomic E-state index is 12.8. The number of hydrogen-bond acceptors (Lipinski definition) is 4. The van der Waals surface area contributed by atoms with Gasteiger partial charge in [-0.2, -0.15) is 13.2 Å². The summed E-state index contributed by atoms with van der Waals surface area (Å²) < 4.78 is 91.0. The van der Waals surface area contributed by atoms with Crippen LogP contribution in [0.4, 0.5) is 13.2 Å². The molecule has 1 aromatic rings. The zero-order chi connectivity index (χ0) is 19.9. The molecule has 11 heteroatoms. The molecule has 0 bridgehead atoms. The van der Waals surface area contributed by atoms with Crippen LogP contribution in [0.25, 0.3) is 0 Å². The molecule has 2 fully saturated rings. The summed E-state index contributed by atoms with van der Waals surface area (Å²) in [5.74, 6) is -0.0590. The van der Waals surface area contributed by atoms with Crippen LogP contribution in [0.15, 0.2) is 29.2 Å². The number of alkyl halides is 3. The molecule has 1 aliphatic carbocycles. The highest BCUT2D eigenvalue weighted by molar-refractivity contribution is 7.90. The van der Waals surface area contributed by atoms with Gasteiger partial charge in [-0.1, -0.05) is 6.07 Å². The summed E-state index contributed by atoms with van der Waals surface area (Å²) in [6, 6.07) is 3.59. The largest absolute Gasteiger partial charge is 0.416 e. The van der Waals surface area contributed by atoms with E-state index in [2.05, 4.69) is 4.72 Å². The summed E-state index contributed by atoms with van der Waals surface area (Å²) >= 11 is 0. The third-order valence-electron chi connectivity index (χ3n) is 4.91. The van der Waals surface area contributed by atoms with E-state index in [1.165, 1.54) is 4.31 Å². The van der Waals surface area contributed by atoms with Gasteiger partial charge in [0.05, 0.1) is 15.7 Å². The van der Waals surface area contributed by atoms with Gasteiger partial charge < -0.3 is 0 Å². The molecule has 0 unspecified atom stereocenters. The summed E-state index contributed by atoms with van der Waals surface area (Å²) in [7, 11) is -7.30. The number of benzene rings is 1. The fourth-order valence-corrected chi connectivity index (χ4v) is 6.13. The van der Waals surface area contributed by atoms with E-state index in [4.69, 9.17) is 0 Å². The highest BCUT2D eigenvalue weighted by Crippen LogP contribution is 2.33. The van der Waals surface area contributed by atoms with E-state index in [1.807, 2.05) is 0 Å². The molecular weight excluding hydrogens is 405 g/mol. The second-order valence-electron chi connectivity index (χ2n) is 6.96. The molecule has 1 saturated heterocycles. The minimum Gasteiger partial charge on any atom is -0.212 e. The Morgan fingerprint density at radius 2 is 1.67 bits per heavy atom. The van der Waals surface area contributed by atoms with Crippen LogP contribution in [0.5, 0.6) is 0 Å². The standard InChI is InChI=1S/C16H21F3N2O4S2/c17-16(18,19)13-2-1-3-15(10-13)26(22,23)20-11-12-6-8-21(9-7-12)27(24,25)14-4-5-14/h1-3,10,12,14,20H,4-9,11H2. The van der Waals surface area contributed by atoms with Crippen molar-refractivity contribution in [1.82, 2.24) is 9.03 Å². The summed E-state index contributed by atoms with van der Waals surface area (Å²) in [4.78, 5) is -0.439. The molecule has 0 amide bonds. The minimum absolute atomic E-state index is 0.0590. The molecule has 1 saturated carbocycles. The lowest BCUT2D eigenvalue weighted by molar-refractivity contribution is -0.137. The fraction of sp³-hybridized carbons (Fsp3) is 0.625. The Morgan fingerprint density at radius 3 is 2.22 bits per heavy atom. The molecule has 1 aromatic carbocycles. The van der Waals surface area contributed by atoms with Gasteiger partial charge >= 0.3 is 6.18 Å². The quantitative estimate of drug-likeness (QED) is 0.756. The lowest BCUT2D eigenvalue weighted by atomic mass is 9.99. The smallest absolute Gasteiger partial charge is 0.212 e. The second-order valence-corrected chi connectivity index (χ2v) is 10.9. The Labute approximate surface area is 156 Å². The Balaban J connectivity index is 1.57. The molecule has 6 nitrogen and oxygen atoms in total. The van der Waals surface area contributed by atoms with Gasteiger partial charge in [0, 0.05) is 19.6 Å². The summed E-state index contributed by atoms with van der Waals surface area (Å²) in [6.45, 7) is 0.749. The Hall–Kier alpha value is -1.17. The number of hydrogen-bond donors (Lipinski definition) is 1. The van der Waals surface area contributed by atoms with Crippen molar-refractivity contribution in [3.8, 4) is 0 Å². The van der Waals surface area contributed by atoms with E-state index < -0.39 is 36.7 Å². The van der Waals surface area contributed by atoms with Gasteiger partial charge in [-0.15, -0.1) is 0 Å². The number of nitrogens with zero attached hydrogens (tertiary/aromatic N) is 1. The van der Waals surface area contributed by atoms with Crippen molar-refractivity contribution in [3.05, 3.63) is 29.8 Å². The van der Waals surface area contributed by atoms with E-state index in [9.17, 15) is 30.0 Å². The first kappa shape index (κ1) is 20.6. The van der Waals surface area contributed by atoms with Crippen LogP contribution >= 0.6 is 0 Å². The number of sulfonamides is 2. The molecule has 0 spiro atoms. The van der Waals surface area contributed by atoms with Gasteiger partial charge in [0.1, 0.15) is 0 Å². The van der Waals surface area contributed by atoms with Crippen molar-refractivity contribution in [2.24, 2.45) is 5.92 Å². The van der Waals surface area contributed by atoms with Crippen molar-refractivity contribution in [3.63, 3.8) is 0 Å². The van der Waals surface area contributed by atoms with Gasteiger partial charge in [0.15, 0.2) is 0 Å². The summed E-state index contributed by atoms with van der Waals surface area (Å²) in [5.41, 5.74) is -1.02. The molecule has 1 heterocycles. The van der Waals surface area contributed by atoms with Gasteiger partial charge in [-0.25, -0.2) is 25.9 Å². The van der Waals surface area contributed by atoms with E-state index >= 15 is 0 Å². The molecule has 27 heavy (non-hydrogen) atoms. The van der Waals surface area contributed by atoms with Crippen molar-refractivity contribution >= 4 is 20.0 Å². The third-order valence-corrected chi connectivity index (χ3v) is 8.73. The Kier molecular flexibility index (Phi) is 5.59. The lowest BCUT2D eigenvalue weighted by Crippen LogP contribution is -2.42. The molecule has 152 valence electrons. The Morgan fingerprint density at radius 1 is 1.04 bits per heavy atom. The first-order valence-electron chi connectivity index (χ1n) is 8.66. The zero-order valence-corrected chi connectivity index (χ0v) is 16.1. The lowest BCUT2D eigenvalue weighted by Gasteiger charge is -2.31. The molecule has 1 N–H and O–H groups in total. The molecule has 0 radical (unpaired) electrons. The molecule has 0 aromatic heterocycles. The van der Waals surface area contributed by atoms with Crippen LogP contribution in [0.2, 0.25) is 0 Å². The highest BCUT2D eigenvalue weighted by atomic mass is 32.2. The predicted octanol–water partition coefficient (Wildman–Crippen LogP) is 2.19. The average Bonchev–Trinajstić information content (AvgIpc) is 3.45. The highest BCUT2D eigenvalue weighted by Gasteiger charge is 2.41. The van der Waals surface area contributed by atoms with E-state index in [0.29, 0.717) is 44.8 Å². The van der Waals surface area contributed by atoms with Crippen molar-refractivity contribution in [2.75, 3.05) is 19.6 Å². The molecule has 0 atom stereocenters. The Bertz CT molecular complexity index is 888. The van der Waals surface area contributed by atoms with Gasteiger partial charge in [0.25, 0.3) is 0 Å². The predicted molar refractivity (Wildman–Crippen MR) is 92.9 cm³/mol. The molecule has 3 rings (SSSR count). The van der Waals surface area contributed by atoms with E-state index in [1.54, 1.807) is 0 Å². The van der Waals surface area contributed by atoms with Crippen LogP contribution in [-0.2, 0) is 26.2 Å². The zero-order valence-electron chi connectivity index (χ0n) is 14.4. The first-order valence-corrected chi connectivity index (χ1v) is 11.6. The van der Waals surface area contributed by atoms with E-state index in [-0.39, 0.29) is 17.7 Å². The second kappa shape index (κ2) is 7.34. The maximum Gasteiger partial charge on any atom is 0.416 e. The fourth-order valence-electron chi connectivity index (χ4n) is 3.10. The summed E-state index contributed by atoms with van der Waals surface area (Å²) in [5, 5.41) is -0.270. The van der Waals surface area contributed by atoms with Gasteiger partial charge in [0.2, 0.25) is 20.0 Å². The van der Waals surface area contributed by atoms with Crippen molar-refractivity contribution < 1.29 is 30.0 Å². The van der Waals surface area contributed by atoms with Crippen molar-refractivity contribution in [1.29, 1.82) is 0 Å². The number of halogens is 3. The average molecular weight is 426 g/mol. The maximum atomic E-state index is 12.8. The summed E-state index contributed by atoms with van der Waals surface area (Å²) in [6.07, 6.45) is -2.21. The first-order chi connectivity index (χ1) is 12.5. The molecular formula is C16H21F3N2O4S2.